The molecule has 0 aliphatic carbocycles. The quantitative estimate of drug-likeness (QED) is 0.883. The zero-order valence-electron chi connectivity index (χ0n) is 9.20. The fourth-order valence-corrected chi connectivity index (χ4v) is 1.96. The summed E-state index contributed by atoms with van der Waals surface area (Å²) in [5, 5.41) is 10.3. The first-order valence-electron chi connectivity index (χ1n) is 5.15. The van der Waals surface area contributed by atoms with Crippen molar-refractivity contribution in [2.75, 3.05) is 6.54 Å². The molecule has 1 atom stereocenters. The number of aliphatic hydroxyl groups is 1. The Kier molecular flexibility index (Phi) is 4.32. The minimum atomic E-state index is -0.805. The summed E-state index contributed by atoms with van der Waals surface area (Å²) in [5.74, 6) is 0.154. The molecule has 3 heteroatoms. The molecular formula is C12H18BrNO. The Labute approximate surface area is 99.6 Å². The van der Waals surface area contributed by atoms with Crippen molar-refractivity contribution in [3.05, 3.63) is 34.3 Å². The van der Waals surface area contributed by atoms with Crippen LogP contribution in [0.3, 0.4) is 0 Å². The average Bonchev–Trinajstić information content (AvgIpc) is 2.17. The Balaban J connectivity index is 2.84. The Bertz CT molecular complexity index is 327. The summed E-state index contributed by atoms with van der Waals surface area (Å²) in [7, 11) is 0. The van der Waals surface area contributed by atoms with E-state index in [0.29, 0.717) is 6.42 Å². The monoisotopic (exact) mass is 271 g/mol. The van der Waals surface area contributed by atoms with E-state index in [1.165, 1.54) is 0 Å². The normalized spacial score (nSPS) is 15.3. The molecule has 0 aliphatic heterocycles. The molecule has 0 bridgehead atoms. The molecule has 84 valence electrons. The SMILES string of the molecule is CC(C)C(O)(CN)Cc1cccc(Br)c1. The van der Waals surface area contributed by atoms with Gasteiger partial charge in [0.15, 0.2) is 0 Å². The fourth-order valence-electron chi connectivity index (χ4n) is 1.51. The van der Waals surface area contributed by atoms with Crippen molar-refractivity contribution >= 4 is 15.9 Å². The van der Waals surface area contributed by atoms with Gasteiger partial charge in [-0.2, -0.15) is 0 Å². The Hall–Kier alpha value is -0.380. The number of benzene rings is 1. The molecular weight excluding hydrogens is 254 g/mol. The summed E-state index contributed by atoms with van der Waals surface area (Å²) in [6, 6.07) is 7.97. The second-order valence-corrected chi connectivity index (χ2v) is 5.18. The molecule has 15 heavy (non-hydrogen) atoms. The lowest BCUT2D eigenvalue weighted by Crippen LogP contribution is -2.44. The van der Waals surface area contributed by atoms with E-state index in [4.69, 9.17) is 5.73 Å². The van der Waals surface area contributed by atoms with Gasteiger partial charge in [-0.15, -0.1) is 0 Å². The van der Waals surface area contributed by atoms with Crippen LogP contribution in [0.2, 0.25) is 0 Å². The van der Waals surface area contributed by atoms with Gasteiger partial charge < -0.3 is 10.8 Å². The van der Waals surface area contributed by atoms with E-state index >= 15 is 0 Å². The molecule has 3 N–H and O–H groups in total. The number of nitrogens with two attached hydrogens (primary N) is 1. The maximum Gasteiger partial charge on any atom is 0.0832 e. The van der Waals surface area contributed by atoms with E-state index in [0.717, 1.165) is 10.0 Å². The Morgan fingerprint density at radius 1 is 1.47 bits per heavy atom. The minimum absolute atomic E-state index is 0.154. The van der Waals surface area contributed by atoms with Gasteiger partial charge in [-0.05, 0) is 23.6 Å². The van der Waals surface area contributed by atoms with Crippen molar-refractivity contribution in [2.45, 2.75) is 25.9 Å². The first kappa shape index (κ1) is 12.7. The summed E-state index contributed by atoms with van der Waals surface area (Å²) in [4.78, 5) is 0. The van der Waals surface area contributed by atoms with E-state index in [-0.39, 0.29) is 12.5 Å². The minimum Gasteiger partial charge on any atom is -0.388 e. The number of hydrogen-bond donors (Lipinski definition) is 2. The van der Waals surface area contributed by atoms with Crippen LogP contribution in [-0.4, -0.2) is 17.3 Å². The molecule has 0 radical (unpaired) electrons. The van der Waals surface area contributed by atoms with E-state index in [1.807, 2.05) is 38.1 Å². The van der Waals surface area contributed by atoms with Gasteiger partial charge in [0.2, 0.25) is 0 Å². The number of rotatable bonds is 4. The first-order valence-corrected chi connectivity index (χ1v) is 5.94. The number of hydrogen-bond acceptors (Lipinski definition) is 2. The third-order valence-corrected chi connectivity index (χ3v) is 3.32. The van der Waals surface area contributed by atoms with Crippen LogP contribution < -0.4 is 5.73 Å². The fraction of sp³-hybridized carbons (Fsp3) is 0.500. The summed E-state index contributed by atoms with van der Waals surface area (Å²) in [6.45, 7) is 4.27. The zero-order chi connectivity index (χ0) is 11.5. The lowest BCUT2D eigenvalue weighted by molar-refractivity contribution is 0.00407. The van der Waals surface area contributed by atoms with Gasteiger partial charge in [0, 0.05) is 17.4 Å². The smallest absolute Gasteiger partial charge is 0.0832 e. The molecule has 0 saturated carbocycles. The molecule has 0 aromatic heterocycles. The lowest BCUT2D eigenvalue weighted by atomic mass is 9.84. The van der Waals surface area contributed by atoms with Crippen molar-refractivity contribution in [1.29, 1.82) is 0 Å². The molecule has 1 aromatic rings. The van der Waals surface area contributed by atoms with Crippen LogP contribution in [0, 0.1) is 5.92 Å². The average molecular weight is 272 g/mol. The molecule has 1 rings (SSSR count). The van der Waals surface area contributed by atoms with Gasteiger partial charge in [0.1, 0.15) is 0 Å². The van der Waals surface area contributed by atoms with E-state index < -0.39 is 5.60 Å². The molecule has 0 aliphatic rings. The van der Waals surface area contributed by atoms with Gasteiger partial charge in [-0.25, -0.2) is 0 Å². The second kappa shape index (κ2) is 5.10. The molecule has 0 saturated heterocycles. The molecule has 0 amide bonds. The van der Waals surface area contributed by atoms with E-state index in [2.05, 4.69) is 15.9 Å². The maximum atomic E-state index is 10.3. The highest BCUT2D eigenvalue weighted by molar-refractivity contribution is 9.10. The summed E-state index contributed by atoms with van der Waals surface area (Å²) in [6.07, 6.45) is 0.598. The van der Waals surface area contributed by atoms with Gasteiger partial charge in [0.25, 0.3) is 0 Å². The Morgan fingerprint density at radius 3 is 2.60 bits per heavy atom. The highest BCUT2D eigenvalue weighted by Crippen LogP contribution is 2.22. The summed E-state index contributed by atoms with van der Waals surface area (Å²) in [5.41, 5.74) is 5.93. The van der Waals surface area contributed by atoms with Crippen molar-refractivity contribution < 1.29 is 5.11 Å². The van der Waals surface area contributed by atoms with Crippen LogP contribution in [0.4, 0.5) is 0 Å². The third kappa shape index (κ3) is 3.30. The van der Waals surface area contributed by atoms with Crippen LogP contribution in [0.25, 0.3) is 0 Å². The van der Waals surface area contributed by atoms with Gasteiger partial charge in [0.05, 0.1) is 5.60 Å². The summed E-state index contributed by atoms with van der Waals surface area (Å²) >= 11 is 3.42. The molecule has 2 nitrogen and oxygen atoms in total. The predicted octanol–water partition coefficient (Wildman–Crippen LogP) is 2.34. The van der Waals surface area contributed by atoms with E-state index in [1.54, 1.807) is 0 Å². The van der Waals surface area contributed by atoms with Crippen LogP contribution >= 0.6 is 15.9 Å². The van der Waals surface area contributed by atoms with Crippen molar-refractivity contribution in [1.82, 2.24) is 0 Å². The highest BCUT2D eigenvalue weighted by Gasteiger charge is 2.29. The Morgan fingerprint density at radius 2 is 2.13 bits per heavy atom. The zero-order valence-corrected chi connectivity index (χ0v) is 10.8. The van der Waals surface area contributed by atoms with Crippen molar-refractivity contribution in [3.63, 3.8) is 0 Å². The second-order valence-electron chi connectivity index (χ2n) is 4.27. The molecule has 0 fully saturated rings. The summed E-state index contributed by atoms with van der Waals surface area (Å²) < 4.78 is 1.03. The highest BCUT2D eigenvalue weighted by atomic mass is 79.9. The lowest BCUT2D eigenvalue weighted by Gasteiger charge is -2.31. The van der Waals surface area contributed by atoms with Crippen LogP contribution in [0.15, 0.2) is 28.7 Å². The molecule has 1 aromatic carbocycles. The van der Waals surface area contributed by atoms with E-state index in [9.17, 15) is 5.11 Å². The van der Waals surface area contributed by atoms with Gasteiger partial charge >= 0.3 is 0 Å². The largest absolute Gasteiger partial charge is 0.388 e. The molecule has 0 heterocycles. The maximum absolute atomic E-state index is 10.3. The first-order chi connectivity index (χ1) is 6.98. The van der Waals surface area contributed by atoms with Crippen LogP contribution in [-0.2, 0) is 6.42 Å². The standard InChI is InChI=1S/C12H18BrNO/c1-9(2)12(15,8-14)7-10-4-3-5-11(13)6-10/h3-6,9,15H,7-8,14H2,1-2H3. The van der Waals surface area contributed by atoms with Crippen LogP contribution in [0.1, 0.15) is 19.4 Å². The molecule has 1 unspecified atom stereocenters. The van der Waals surface area contributed by atoms with Crippen molar-refractivity contribution in [3.8, 4) is 0 Å². The number of halogens is 1. The van der Waals surface area contributed by atoms with Gasteiger partial charge in [-0.1, -0.05) is 41.9 Å². The molecule has 0 spiro atoms. The van der Waals surface area contributed by atoms with Gasteiger partial charge in [-0.3, -0.25) is 0 Å². The predicted molar refractivity (Wildman–Crippen MR) is 66.7 cm³/mol. The van der Waals surface area contributed by atoms with Crippen molar-refractivity contribution in [2.24, 2.45) is 11.7 Å². The topological polar surface area (TPSA) is 46.2 Å². The third-order valence-electron chi connectivity index (χ3n) is 2.83. The van der Waals surface area contributed by atoms with Crippen LogP contribution in [0.5, 0.6) is 0 Å².